The first-order valence-corrected chi connectivity index (χ1v) is 13.1. The van der Waals surface area contributed by atoms with Gasteiger partial charge < -0.3 is 4.39 Å². The molecule has 0 aliphatic carbocycles. The van der Waals surface area contributed by atoms with Gasteiger partial charge in [-0.3, -0.25) is 0 Å². The molecular weight excluding hydrogens is 421 g/mol. The zero-order chi connectivity index (χ0) is 20.8. The molecule has 5 heteroatoms. The second-order valence-corrected chi connectivity index (χ2v) is 11.7. The summed E-state index contributed by atoms with van der Waals surface area (Å²) in [6.07, 6.45) is -0.0399. The topological polar surface area (TPSA) is 0 Å². The van der Waals surface area contributed by atoms with E-state index in [1.165, 1.54) is 31.1 Å². The second-order valence-electron chi connectivity index (χ2n) is 8.84. The van der Waals surface area contributed by atoms with E-state index < -0.39 is 6.28 Å². The Balaban J connectivity index is 1.93. The summed E-state index contributed by atoms with van der Waals surface area (Å²) in [5, 5.41) is 6.73. The maximum absolute atomic E-state index is 2.44. The smallest absolute Gasteiger partial charge is 0.311 e. The lowest BCUT2D eigenvalue weighted by Gasteiger charge is -2.59. The van der Waals surface area contributed by atoms with Crippen LogP contribution in [0.4, 0.5) is 0 Å². The van der Waals surface area contributed by atoms with E-state index in [1.807, 2.05) is 34.0 Å². The molecule has 4 heterocycles. The van der Waals surface area contributed by atoms with E-state index in [4.69, 9.17) is 0 Å². The van der Waals surface area contributed by atoms with Crippen molar-refractivity contribution < 1.29 is 4.39 Å². The van der Waals surface area contributed by atoms with E-state index >= 15 is 0 Å². The first kappa shape index (κ1) is 20.0. The van der Waals surface area contributed by atoms with Gasteiger partial charge in [0.25, 0.3) is 0 Å². The van der Waals surface area contributed by atoms with Gasteiger partial charge in [-0.15, -0.1) is 16.8 Å². The highest BCUT2D eigenvalue weighted by Crippen LogP contribution is 2.45. The van der Waals surface area contributed by atoms with Gasteiger partial charge in [0.1, 0.15) is 0 Å². The predicted molar refractivity (Wildman–Crippen MR) is 138 cm³/mol. The van der Waals surface area contributed by atoms with Crippen molar-refractivity contribution in [2.75, 3.05) is 20.6 Å². The summed E-state index contributed by atoms with van der Waals surface area (Å²) in [6.45, 7) is 3.30. The maximum atomic E-state index is 2.44. The molecule has 0 atom stereocenters. The van der Waals surface area contributed by atoms with Gasteiger partial charge in [0, 0.05) is 27.1 Å². The number of quaternary nitrogens is 1. The van der Waals surface area contributed by atoms with Crippen LogP contribution in [-0.2, 0) is 0 Å². The summed E-state index contributed by atoms with van der Waals surface area (Å²) in [5.74, 6) is 0. The van der Waals surface area contributed by atoms with E-state index in [-0.39, 0.29) is 0 Å². The van der Waals surface area contributed by atoms with Crippen LogP contribution in [0.3, 0.4) is 0 Å². The van der Waals surface area contributed by atoms with Gasteiger partial charge in [-0.2, -0.15) is 22.7 Å². The number of hydrogen-bond acceptors (Lipinski definition) is 3. The summed E-state index contributed by atoms with van der Waals surface area (Å²) in [6, 6.07) is 22.9. The van der Waals surface area contributed by atoms with Crippen molar-refractivity contribution >= 4 is 60.9 Å². The average Bonchev–Trinajstić information content (AvgIpc) is 3.50. The number of aryl methyl sites for hydroxylation is 1. The Hall–Kier alpha value is -1.92. The molecule has 5 rings (SSSR count). The van der Waals surface area contributed by atoms with Gasteiger partial charge in [0.2, 0.25) is 0 Å². The van der Waals surface area contributed by atoms with Gasteiger partial charge in [-0.25, -0.2) is 0 Å². The summed E-state index contributed by atoms with van der Waals surface area (Å²) in [5.41, 5.74) is 5.77. The maximum Gasteiger partial charge on any atom is 0.311 e. The fourth-order valence-electron chi connectivity index (χ4n) is 5.34. The second kappa shape index (κ2) is 7.65. The van der Waals surface area contributed by atoms with Gasteiger partial charge in [-0.05, 0) is 39.6 Å². The molecule has 0 amide bonds. The van der Waals surface area contributed by atoms with Gasteiger partial charge in [-0.1, -0.05) is 75.3 Å². The van der Waals surface area contributed by atoms with Crippen molar-refractivity contribution in [3.05, 3.63) is 92.8 Å². The molecule has 1 aromatic carbocycles. The van der Waals surface area contributed by atoms with Crippen LogP contribution >= 0.6 is 34.0 Å². The molecule has 1 aliphatic heterocycles. The Morgan fingerprint density at radius 2 is 1.37 bits per heavy atom. The van der Waals surface area contributed by atoms with Gasteiger partial charge >= 0.3 is 6.28 Å². The molecule has 0 saturated heterocycles. The van der Waals surface area contributed by atoms with Crippen LogP contribution in [0.25, 0.3) is 11.0 Å². The Morgan fingerprint density at radius 1 is 0.767 bits per heavy atom. The first-order chi connectivity index (χ1) is 14.5. The van der Waals surface area contributed by atoms with Crippen molar-refractivity contribution in [2.24, 2.45) is 0 Å². The van der Waals surface area contributed by atoms with Crippen LogP contribution in [0.1, 0.15) is 22.4 Å². The minimum absolute atomic E-state index is 0.990. The number of thiophene rings is 3. The van der Waals surface area contributed by atoms with Crippen LogP contribution < -0.4 is 9.55 Å². The summed E-state index contributed by atoms with van der Waals surface area (Å²) in [4.78, 5) is 1.42. The number of benzene rings is 1. The molecule has 0 N–H and O–H groups in total. The Kier molecular flexibility index (Phi) is 5.10. The predicted octanol–water partition coefficient (Wildman–Crippen LogP) is 5.87. The summed E-state index contributed by atoms with van der Waals surface area (Å²) < 4.78 is 3.98. The van der Waals surface area contributed by atoms with E-state index in [0.717, 1.165) is 17.4 Å². The van der Waals surface area contributed by atoms with Crippen LogP contribution in [0, 0.1) is 6.92 Å². The van der Waals surface area contributed by atoms with Crippen LogP contribution in [0.5, 0.6) is 0 Å². The van der Waals surface area contributed by atoms with Gasteiger partial charge in [0.05, 0.1) is 0 Å². The third-order valence-corrected chi connectivity index (χ3v) is 9.81. The molecule has 1 aliphatic rings. The Labute approximate surface area is 191 Å². The molecule has 30 heavy (non-hydrogen) atoms. The fourth-order valence-corrected chi connectivity index (χ4v) is 8.70. The van der Waals surface area contributed by atoms with E-state index in [2.05, 4.69) is 97.8 Å². The molecule has 152 valence electrons. The molecule has 4 aromatic rings. The van der Waals surface area contributed by atoms with E-state index in [1.54, 1.807) is 5.47 Å². The Morgan fingerprint density at radius 3 is 1.90 bits per heavy atom. The molecule has 0 saturated carbocycles. The van der Waals surface area contributed by atoms with Crippen LogP contribution in [0.2, 0.25) is 0 Å². The van der Waals surface area contributed by atoms with Crippen LogP contribution in [-0.4, -0.2) is 31.3 Å². The molecule has 0 bridgehead atoms. The molecule has 0 fully saturated rings. The van der Waals surface area contributed by atoms with Crippen molar-refractivity contribution in [3.8, 4) is 0 Å². The van der Waals surface area contributed by atoms with E-state index in [0.29, 0.717) is 0 Å². The number of rotatable bonds is 4. The lowest BCUT2D eigenvalue weighted by molar-refractivity contribution is -0.786. The van der Waals surface area contributed by atoms with Crippen molar-refractivity contribution in [1.82, 2.24) is 0 Å². The summed E-state index contributed by atoms with van der Waals surface area (Å²) >= 11 is 5.72. The van der Waals surface area contributed by atoms with Crippen molar-refractivity contribution in [2.45, 2.75) is 13.3 Å². The molecule has 0 unspecified atom stereocenters. The molecule has 0 radical (unpaired) electrons. The minimum atomic E-state index is -1.14. The quantitative estimate of drug-likeness (QED) is 0.343. The van der Waals surface area contributed by atoms with E-state index in [9.17, 15) is 0 Å². The first-order valence-electron chi connectivity index (χ1n) is 10.4. The average molecular weight is 448 g/mol. The standard InChI is InChI=1S/C25H26BNS3/c1-19-10-12-20(13-11-19)21-14-15-27(2,3)26(23-8-5-17-29-23,24-9-6-18-30-24)25(21)22-7-4-16-28-22/h4-13,16-18H,14-15H2,1-3H3. The number of nitrogens with zero attached hydrogens (tertiary/aromatic N) is 1. The SMILES string of the molecule is Cc1ccc(C2=C(c3cccs3)[B-](c3cccs3)(c3cccs3)[N+](C)(C)CC2)cc1. The highest BCUT2D eigenvalue weighted by molar-refractivity contribution is 7.39. The lowest BCUT2D eigenvalue weighted by Crippen LogP contribution is -2.78. The minimum Gasteiger partial charge on any atom is -0.507 e. The zero-order valence-electron chi connectivity index (χ0n) is 17.7. The molecule has 1 nitrogen and oxygen atoms in total. The highest BCUT2D eigenvalue weighted by atomic mass is 32.1. The Bertz CT molecular complexity index is 1120. The molecule has 0 spiro atoms. The molecule has 3 aromatic heterocycles. The van der Waals surface area contributed by atoms with Crippen molar-refractivity contribution in [1.29, 1.82) is 0 Å². The number of hydrogen-bond donors (Lipinski definition) is 0. The highest BCUT2D eigenvalue weighted by Gasteiger charge is 2.52. The summed E-state index contributed by atoms with van der Waals surface area (Å²) in [7, 11) is 4.89. The third kappa shape index (κ3) is 2.99. The monoisotopic (exact) mass is 447 g/mol. The molecular formula is C25H26BNS3. The lowest BCUT2D eigenvalue weighted by atomic mass is 9.24. The third-order valence-electron chi connectivity index (χ3n) is 6.83. The zero-order valence-corrected chi connectivity index (χ0v) is 20.1. The fraction of sp³-hybridized carbons (Fsp3) is 0.200. The van der Waals surface area contributed by atoms with Gasteiger partial charge in [0.15, 0.2) is 0 Å². The van der Waals surface area contributed by atoms with Crippen molar-refractivity contribution in [3.63, 3.8) is 0 Å². The van der Waals surface area contributed by atoms with Crippen LogP contribution in [0.15, 0.2) is 76.8 Å². The normalized spacial score (nSPS) is 18.0. The largest absolute Gasteiger partial charge is 0.507 e.